The molecule has 0 unspecified atom stereocenters. The van der Waals surface area contributed by atoms with Gasteiger partial charge in [-0.3, -0.25) is 0 Å². The first-order chi connectivity index (χ1) is 3.33. The van der Waals surface area contributed by atoms with Crippen LogP contribution in [0, 0.1) is 13.3 Å². The molecule has 46 valence electrons. The minimum Gasteiger partial charge on any atom is -0.344 e. The van der Waals surface area contributed by atoms with E-state index in [0.29, 0.717) is 0 Å². The molecule has 1 heteroatoms. The van der Waals surface area contributed by atoms with Gasteiger partial charge in [0, 0.05) is 0 Å². The summed E-state index contributed by atoms with van der Waals surface area (Å²) < 4.78 is 0. The molecule has 0 aliphatic carbocycles. The molecule has 0 nitrogen and oxygen atoms in total. The van der Waals surface area contributed by atoms with Crippen LogP contribution in [0.15, 0.2) is 0 Å². The molecule has 0 N–H and O–H groups in total. The third kappa shape index (κ3) is 72.1. The molecule has 0 bridgehead atoms. The average molecular weight is 125 g/mol. The molecular formula is C7H16Mg. The summed E-state index contributed by atoms with van der Waals surface area (Å²) >= 11 is 0. The summed E-state index contributed by atoms with van der Waals surface area (Å²) in [7, 11) is 0. The van der Waals surface area contributed by atoms with E-state index < -0.39 is 0 Å². The fourth-order valence-corrected chi connectivity index (χ4v) is 0. The van der Waals surface area contributed by atoms with Crippen LogP contribution >= 0.6 is 0 Å². The van der Waals surface area contributed by atoms with Crippen molar-refractivity contribution in [1.82, 2.24) is 0 Å². The maximum absolute atomic E-state index is 3.49. The fraction of sp³-hybridized carbons (Fsp3) is 0.714. The second-order valence-electron chi connectivity index (χ2n) is 1.32. The van der Waals surface area contributed by atoms with Crippen molar-refractivity contribution in [3.63, 3.8) is 0 Å². The minimum absolute atomic E-state index is 0. The molecule has 0 spiro atoms. The second kappa shape index (κ2) is 25.1. The Morgan fingerprint density at radius 1 is 1.38 bits per heavy atom. The summed E-state index contributed by atoms with van der Waals surface area (Å²) in [6.45, 7) is 9.68. The molecule has 0 aromatic rings. The molecule has 8 heavy (non-hydrogen) atoms. The van der Waals surface area contributed by atoms with Gasteiger partial charge in [-0.05, 0) is 0 Å². The Labute approximate surface area is 70.2 Å². The van der Waals surface area contributed by atoms with Crippen LogP contribution in [-0.2, 0) is 0 Å². The first-order valence-electron chi connectivity index (χ1n) is 2.90. The molecule has 0 aliphatic rings. The standard InChI is InChI=1S/C4H9.C3H7.Mg/c1-3-4-2;1-3-2;/h3H,4H2,1-2H3;1,3H2,2H3;/q2*-1;+2. The van der Waals surface area contributed by atoms with Gasteiger partial charge in [0.05, 0.1) is 0 Å². The smallest absolute Gasteiger partial charge is 0.344 e. The van der Waals surface area contributed by atoms with Gasteiger partial charge in [0.2, 0.25) is 0 Å². The van der Waals surface area contributed by atoms with E-state index in [2.05, 4.69) is 27.2 Å². The summed E-state index contributed by atoms with van der Waals surface area (Å²) in [5.41, 5.74) is 0. The third-order valence-electron chi connectivity index (χ3n) is 0.408. The zero-order chi connectivity index (χ0) is 6.12. The molecule has 0 aromatic heterocycles. The Hall–Kier alpha value is 0.766. The molecule has 0 radical (unpaired) electrons. The van der Waals surface area contributed by atoms with Gasteiger partial charge in [-0.1, -0.05) is 13.8 Å². The van der Waals surface area contributed by atoms with Gasteiger partial charge >= 0.3 is 23.1 Å². The van der Waals surface area contributed by atoms with E-state index in [-0.39, 0.29) is 23.1 Å². The van der Waals surface area contributed by atoms with Gasteiger partial charge < -0.3 is 13.3 Å². The van der Waals surface area contributed by atoms with E-state index in [4.69, 9.17) is 0 Å². The number of hydrogen-bond acceptors (Lipinski definition) is 0. The molecular weight excluding hydrogens is 108 g/mol. The second-order valence-corrected chi connectivity index (χ2v) is 1.32. The summed E-state index contributed by atoms with van der Waals surface area (Å²) in [4.78, 5) is 0. The van der Waals surface area contributed by atoms with Crippen LogP contribution in [0.25, 0.3) is 0 Å². The van der Waals surface area contributed by atoms with Crippen LogP contribution in [0.1, 0.15) is 33.6 Å². The largest absolute Gasteiger partial charge is 2.00 e. The van der Waals surface area contributed by atoms with Crippen LogP contribution in [0.3, 0.4) is 0 Å². The molecule has 0 rings (SSSR count). The number of unbranched alkanes of at least 4 members (excludes halogenated alkanes) is 1. The third-order valence-corrected chi connectivity index (χ3v) is 0.408. The quantitative estimate of drug-likeness (QED) is 0.372. The predicted molar refractivity (Wildman–Crippen MR) is 41.7 cm³/mol. The van der Waals surface area contributed by atoms with Crippen LogP contribution < -0.4 is 0 Å². The normalized spacial score (nSPS) is 6.00. The Kier molecular flexibility index (Phi) is 49.8. The summed E-state index contributed by atoms with van der Waals surface area (Å²) in [5.74, 6) is 0. The van der Waals surface area contributed by atoms with Gasteiger partial charge in [0.25, 0.3) is 0 Å². The first kappa shape index (κ1) is 15.9. The van der Waals surface area contributed by atoms with Gasteiger partial charge in [0.15, 0.2) is 0 Å². The Morgan fingerprint density at radius 2 is 1.50 bits per heavy atom. The van der Waals surface area contributed by atoms with Crippen molar-refractivity contribution in [2.75, 3.05) is 0 Å². The van der Waals surface area contributed by atoms with E-state index in [9.17, 15) is 0 Å². The molecule has 0 aromatic carbocycles. The van der Waals surface area contributed by atoms with Gasteiger partial charge in [-0.2, -0.15) is 19.8 Å². The Balaban J connectivity index is -0.0000000575. The molecule has 0 saturated carbocycles. The van der Waals surface area contributed by atoms with Crippen LogP contribution in [0.2, 0.25) is 0 Å². The SMILES string of the molecule is C[CH-]CC.[CH2-]CC.[Mg+2]. The van der Waals surface area contributed by atoms with Crippen molar-refractivity contribution in [3.05, 3.63) is 13.3 Å². The fourth-order valence-electron chi connectivity index (χ4n) is 0. The van der Waals surface area contributed by atoms with Crippen molar-refractivity contribution in [3.8, 4) is 0 Å². The molecule has 0 aliphatic heterocycles. The van der Waals surface area contributed by atoms with Gasteiger partial charge in [-0.15, -0.1) is 0 Å². The zero-order valence-corrected chi connectivity index (χ0v) is 7.82. The van der Waals surface area contributed by atoms with E-state index in [0.717, 1.165) is 6.42 Å². The monoisotopic (exact) mass is 124 g/mol. The summed E-state index contributed by atoms with van der Waals surface area (Å²) in [5, 5.41) is 0. The van der Waals surface area contributed by atoms with Gasteiger partial charge in [0.1, 0.15) is 0 Å². The van der Waals surface area contributed by atoms with Crippen molar-refractivity contribution >= 4 is 23.1 Å². The van der Waals surface area contributed by atoms with Crippen molar-refractivity contribution < 1.29 is 0 Å². The van der Waals surface area contributed by atoms with Crippen molar-refractivity contribution in [2.45, 2.75) is 33.6 Å². The van der Waals surface area contributed by atoms with E-state index >= 15 is 0 Å². The Bertz CT molecular complexity index is 11.9. The molecule has 0 amide bonds. The maximum Gasteiger partial charge on any atom is 2.00 e. The minimum atomic E-state index is 0. The number of hydrogen-bond donors (Lipinski definition) is 0. The molecule has 0 atom stereocenters. The molecule has 0 saturated heterocycles. The first-order valence-corrected chi connectivity index (χ1v) is 2.90. The van der Waals surface area contributed by atoms with E-state index in [1.807, 2.05) is 6.92 Å². The molecule has 0 heterocycles. The van der Waals surface area contributed by atoms with Crippen LogP contribution in [0.5, 0.6) is 0 Å². The average Bonchev–Trinajstić information content (AvgIpc) is 1.69. The summed E-state index contributed by atoms with van der Waals surface area (Å²) in [6, 6.07) is 0. The Morgan fingerprint density at radius 3 is 1.50 bits per heavy atom. The number of rotatable bonds is 1. The van der Waals surface area contributed by atoms with Crippen molar-refractivity contribution in [2.24, 2.45) is 0 Å². The van der Waals surface area contributed by atoms with E-state index in [1.54, 1.807) is 0 Å². The predicted octanol–water partition coefficient (Wildman–Crippen LogP) is 2.47. The van der Waals surface area contributed by atoms with Crippen LogP contribution in [0.4, 0.5) is 0 Å². The van der Waals surface area contributed by atoms with E-state index in [1.165, 1.54) is 6.42 Å². The van der Waals surface area contributed by atoms with Crippen LogP contribution in [-0.4, -0.2) is 23.1 Å². The van der Waals surface area contributed by atoms with Gasteiger partial charge in [-0.25, -0.2) is 0 Å². The van der Waals surface area contributed by atoms with Crippen molar-refractivity contribution in [1.29, 1.82) is 0 Å². The maximum atomic E-state index is 3.49. The topological polar surface area (TPSA) is 0 Å². The molecule has 0 fully saturated rings. The zero-order valence-electron chi connectivity index (χ0n) is 6.41. The summed E-state index contributed by atoms with van der Waals surface area (Å²) in [6.07, 6.45) is 4.32.